The van der Waals surface area contributed by atoms with E-state index in [-0.39, 0.29) is 11.5 Å². The highest BCUT2D eigenvalue weighted by Crippen LogP contribution is 2.54. The van der Waals surface area contributed by atoms with Gasteiger partial charge < -0.3 is 14.7 Å². The predicted molar refractivity (Wildman–Crippen MR) is 104 cm³/mol. The zero-order valence-corrected chi connectivity index (χ0v) is 16.9. The van der Waals surface area contributed by atoms with Crippen LogP contribution in [0.4, 0.5) is 6.01 Å². The molecule has 28 heavy (non-hydrogen) atoms. The van der Waals surface area contributed by atoms with E-state index in [1.807, 2.05) is 6.92 Å². The fourth-order valence-electron chi connectivity index (χ4n) is 6.61. The number of piperidine rings is 2. The van der Waals surface area contributed by atoms with E-state index in [4.69, 9.17) is 4.52 Å². The van der Waals surface area contributed by atoms with Gasteiger partial charge in [-0.3, -0.25) is 9.69 Å². The van der Waals surface area contributed by atoms with Crippen LogP contribution in [0.1, 0.15) is 57.7 Å². The maximum atomic E-state index is 12.7. The SMILES string of the molecule is Cc1noc(N2C3CCC2CC(N2C[C@@H]4[C@H](C2)[C@H]4C(=O)NC2(C)CCC2)C3)n1. The first-order valence-electron chi connectivity index (χ1n) is 11.2. The van der Waals surface area contributed by atoms with Gasteiger partial charge in [-0.05, 0) is 70.6 Å². The van der Waals surface area contributed by atoms with Crippen LogP contribution >= 0.6 is 0 Å². The molecule has 2 bridgehead atoms. The number of hydrogen-bond donors (Lipinski definition) is 1. The highest BCUT2D eigenvalue weighted by molar-refractivity contribution is 5.83. The smallest absolute Gasteiger partial charge is 0.324 e. The fourth-order valence-corrected chi connectivity index (χ4v) is 6.61. The minimum absolute atomic E-state index is 0.0901. The lowest BCUT2D eigenvalue weighted by Crippen LogP contribution is -2.53. The van der Waals surface area contributed by atoms with Crippen molar-refractivity contribution in [3.05, 3.63) is 5.82 Å². The molecule has 4 heterocycles. The number of aromatic nitrogens is 2. The first-order valence-corrected chi connectivity index (χ1v) is 11.2. The number of aryl methyl sites for hydroxylation is 1. The normalized spacial score (nSPS) is 40.9. The van der Waals surface area contributed by atoms with E-state index in [2.05, 4.69) is 32.2 Å². The third-order valence-electron chi connectivity index (χ3n) is 8.37. The van der Waals surface area contributed by atoms with Crippen molar-refractivity contribution in [3.63, 3.8) is 0 Å². The lowest BCUT2D eigenvalue weighted by molar-refractivity contribution is -0.126. The molecule has 2 saturated carbocycles. The van der Waals surface area contributed by atoms with Crippen LogP contribution < -0.4 is 10.2 Å². The number of fused-ring (bicyclic) bond motifs is 3. The van der Waals surface area contributed by atoms with Gasteiger partial charge in [-0.1, -0.05) is 5.16 Å². The van der Waals surface area contributed by atoms with E-state index in [1.54, 1.807) is 0 Å². The van der Waals surface area contributed by atoms with E-state index < -0.39 is 0 Å². The van der Waals surface area contributed by atoms with E-state index in [1.165, 1.54) is 32.1 Å². The summed E-state index contributed by atoms with van der Waals surface area (Å²) < 4.78 is 5.47. The fraction of sp³-hybridized carbons (Fsp3) is 0.857. The first kappa shape index (κ1) is 17.2. The predicted octanol–water partition coefficient (Wildman–Crippen LogP) is 2.11. The molecule has 5 atom stereocenters. The standard InChI is InChI=1S/C21H31N5O2/c1-12-22-20(28-24-12)26-13-4-5-14(26)9-15(8-13)25-10-16-17(11-25)18(16)19(27)23-21(2)6-3-7-21/h13-18H,3-11H2,1-2H3,(H,23,27)/t13?,14?,15?,16-,17+,18+. The number of nitrogens with zero attached hydrogens (tertiary/aromatic N) is 4. The largest absolute Gasteiger partial charge is 0.351 e. The van der Waals surface area contributed by atoms with Crippen LogP contribution in [0.5, 0.6) is 0 Å². The van der Waals surface area contributed by atoms with Crippen LogP contribution in [0.3, 0.4) is 0 Å². The second-order valence-electron chi connectivity index (χ2n) is 10.3. The zero-order chi connectivity index (χ0) is 19.0. The maximum absolute atomic E-state index is 12.7. The second-order valence-corrected chi connectivity index (χ2v) is 10.3. The highest BCUT2D eigenvalue weighted by atomic mass is 16.5. The Morgan fingerprint density at radius 2 is 1.82 bits per heavy atom. The van der Waals surface area contributed by atoms with Gasteiger partial charge >= 0.3 is 6.01 Å². The van der Waals surface area contributed by atoms with Gasteiger partial charge in [-0.15, -0.1) is 0 Å². The van der Waals surface area contributed by atoms with Gasteiger partial charge in [0.05, 0.1) is 0 Å². The molecule has 5 fully saturated rings. The third-order valence-corrected chi connectivity index (χ3v) is 8.37. The monoisotopic (exact) mass is 385 g/mol. The van der Waals surface area contributed by atoms with Crippen molar-refractivity contribution in [2.75, 3.05) is 18.0 Å². The van der Waals surface area contributed by atoms with Crippen LogP contribution in [-0.4, -0.2) is 57.7 Å². The maximum Gasteiger partial charge on any atom is 0.324 e. The van der Waals surface area contributed by atoms with E-state index in [9.17, 15) is 4.79 Å². The molecule has 0 aromatic carbocycles. The van der Waals surface area contributed by atoms with Gasteiger partial charge in [0.2, 0.25) is 5.91 Å². The molecule has 1 aromatic rings. The van der Waals surface area contributed by atoms with Crippen molar-refractivity contribution >= 4 is 11.9 Å². The molecule has 3 saturated heterocycles. The summed E-state index contributed by atoms with van der Waals surface area (Å²) >= 11 is 0. The van der Waals surface area contributed by atoms with Crippen LogP contribution in [0.2, 0.25) is 0 Å². The van der Waals surface area contributed by atoms with Gasteiger partial charge in [-0.2, -0.15) is 4.98 Å². The van der Waals surface area contributed by atoms with Gasteiger partial charge in [0.25, 0.3) is 0 Å². The molecule has 1 N–H and O–H groups in total. The molecule has 7 heteroatoms. The van der Waals surface area contributed by atoms with Gasteiger partial charge in [-0.25, -0.2) is 0 Å². The molecule has 2 unspecified atom stereocenters. The summed E-state index contributed by atoms with van der Waals surface area (Å²) in [6.07, 6.45) is 8.38. The number of rotatable bonds is 4. The van der Waals surface area contributed by atoms with E-state index in [0.29, 0.717) is 41.9 Å². The lowest BCUT2D eigenvalue weighted by Gasteiger charge is -2.42. The highest BCUT2D eigenvalue weighted by Gasteiger charge is 2.61. The topological polar surface area (TPSA) is 74.5 Å². The van der Waals surface area contributed by atoms with Gasteiger partial charge in [0.15, 0.2) is 5.82 Å². The van der Waals surface area contributed by atoms with Gasteiger partial charge in [0.1, 0.15) is 0 Å². The number of anilines is 1. The van der Waals surface area contributed by atoms with Crippen LogP contribution in [0.15, 0.2) is 4.52 Å². The average Bonchev–Trinajstić information content (AvgIpc) is 2.94. The Hall–Kier alpha value is -1.63. The van der Waals surface area contributed by atoms with Crippen molar-refractivity contribution in [1.29, 1.82) is 0 Å². The van der Waals surface area contributed by atoms with Crippen molar-refractivity contribution < 1.29 is 9.32 Å². The first-order chi connectivity index (χ1) is 13.5. The van der Waals surface area contributed by atoms with E-state index >= 15 is 0 Å². The van der Waals surface area contributed by atoms with Crippen molar-refractivity contribution in [1.82, 2.24) is 20.4 Å². The van der Waals surface area contributed by atoms with Crippen LogP contribution in [0, 0.1) is 24.7 Å². The summed E-state index contributed by atoms with van der Waals surface area (Å²) in [6.45, 7) is 6.32. The Labute approximate surface area is 166 Å². The quantitative estimate of drug-likeness (QED) is 0.856. The number of carbonyl (C=O) groups excluding carboxylic acids is 1. The Kier molecular flexibility index (Phi) is 3.66. The van der Waals surface area contributed by atoms with Crippen molar-refractivity contribution in [2.24, 2.45) is 17.8 Å². The number of amides is 1. The molecule has 2 aliphatic carbocycles. The lowest BCUT2D eigenvalue weighted by atomic mass is 9.78. The molecule has 0 spiro atoms. The summed E-state index contributed by atoms with van der Waals surface area (Å²) in [5.41, 5.74) is 0.0901. The molecule has 6 rings (SSSR count). The number of hydrogen-bond acceptors (Lipinski definition) is 6. The molecular formula is C21H31N5O2. The zero-order valence-electron chi connectivity index (χ0n) is 16.9. The summed E-state index contributed by atoms with van der Waals surface area (Å²) in [5.74, 6) is 2.53. The Morgan fingerprint density at radius 1 is 1.14 bits per heavy atom. The average molecular weight is 386 g/mol. The summed E-state index contributed by atoms with van der Waals surface area (Å²) in [5, 5.41) is 7.33. The minimum Gasteiger partial charge on any atom is -0.351 e. The Morgan fingerprint density at radius 3 is 2.36 bits per heavy atom. The number of carbonyl (C=O) groups is 1. The molecule has 3 aliphatic heterocycles. The van der Waals surface area contributed by atoms with Gasteiger partial charge in [0, 0.05) is 42.7 Å². The summed E-state index contributed by atoms with van der Waals surface area (Å²) in [4.78, 5) is 22.2. The molecular weight excluding hydrogens is 354 g/mol. The van der Waals surface area contributed by atoms with Crippen LogP contribution in [0.25, 0.3) is 0 Å². The summed E-state index contributed by atoms with van der Waals surface area (Å²) in [7, 11) is 0. The van der Waals surface area contributed by atoms with E-state index in [0.717, 1.165) is 31.8 Å². The number of likely N-dealkylation sites (tertiary alicyclic amines) is 1. The Balaban J connectivity index is 1.06. The molecule has 1 amide bonds. The third kappa shape index (κ3) is 2.61. The molecule has 1 aromatic heterocycles. The minimum atomic E-state index is 0.0901. The number of nitrogens with one attached hydrogen (secondary N) is 1. The Bertz CT molecular complexity index is 764. The van der Waals surface area contributed by atoms with Crippen molar-refractivity contribution in [2.45, 2.75) is 82.5 Å². The van der Waals surface area contributed by atoms with Crippen molar-refractivity contribution in [3.8, 4) is 0 Å². The second kappa shape index (κ2) is 5.94. The molecule has 5 aliphatic rings. The molecule has 7 nitrogen and oxygen atoms in total. The molecule has 0 radical (unpaired) electrons. The van der Waals surface area contributed by atoms with Crippen LogP contribution in [-0.2, 0) is 4.79 Å². The summed E-state index contributed by atoms with van der Waals surface area (Å²) in [6, 6.07) is 2.42. The molecule has 152 valence electrons.